The van der Waals surface area contributed by atoms with Crippen LogP contribution in [0.25, 0.3) is 10.9 Å². The number of fused-ring (bicyclic) bond motifs is 1. The molecule has 2 rings (SSSR count). The summed E-state index contributed by atoms with van der Waals surface area (Å²) >= 11 is 0. The van der Waals surface area contributed by atoms with Crippen LogP contribution in [-0.4, -0.2) is 17.4 Å². The zero-order chi connectivity index (χ0) is 13.3. The molecule has 0 spiro atoms. The van der Waals surface area contributed by atoms with Gasteiger partial charge < -0.3 is 10.3 Å². The van der Waals surface area contributed by atoms with E-state index in [1.165, 1.54) is 0 Å². The third-order valence-electron chi connectivity index (χ3n) is 3.12. The number of aryl methyl sites for hydroxylation is 2. The zero-order valence-electron chi connectivity index (χ0n) is 11.4. The molecule has 1 amide bonds. The lowest BCUT2D eigenvalue weighted by Gasteiger charge is -2.08. The summed E-state index contributed by atoms with van der Waals surface area (Å²) in [5.74, 6) is 0.474. The van der Waals surface area contributed by atoms with Crippen LogP contribution in [0.1, 0.15) is 35.5 Å². The molecule has 2 aromatic rings. The summed E-state index contributed by atoms with van der Waals surface area (Å²) in [6.45, 7) is 8.87. The molecule has 0 aliphatic heterocycles. The zero-order valence-corrected chi connectivity index (χ0v) is 11.4. The van der Waals surface area contributed by atoms with E-state index in [2.05, 4.69) is 24.1 Å². The van der Waals surface area contributed by atoms with Crippen molar-refractivity contribution in [2.75, 3.05) is 6.54 Å². The van der Waals surface area contributed by atoms with Crippen molar-refractivity contribution in [3.8, 4) is 0 Å². The Hall–Kier alpha value is -1.77. The lowest BCUT2D eigenvalue weighted by molar-refractivity contribution is 0.0950. The van der Waals surface area contributed by atoms with Crippen LogP contribution in [0.4, 0.5) is 0 Å². The van der Waals surface area contributed by atoms with Gasteiger partial charge in [-0.3, -0.25) is 4.79 Å². The van der Waals surface area contributed by atoms with E-state index in [1.807, 2.05) is 32.0 Å². The molecule has 0 atom stereocenters. The molecule has 0 fully saturated rings. The van der Waals surface area contributed by atoms with Crippen LogP contribution in [0.15, 0.2) is 18.2 Å². The van der Waals surface area contributed by atoms with E-state index in [0.29, 0.717) is 12.5 Å². The molecule has 0 bridgehead atoms. The molecule has 3 heteroatoms. The van der Waals surface area contributed by atoms with Crippen molar-refractivity contribution in [3.05, 3.63) is 35.0 Å². The van der Waals surface area contributed by atoms with Gasteiger partial charge in [-0.25, -0.2) is 0 Å². The third kappa shape index (κ3) is 2.26. The van der Waals surface area contributed by atoms with Crippen LogP contribution in [0.2, 0.25) is 0 Å². The third-order valence-corrected chi connectivity index (χ3v) is 3.12. The Balaban J connectivity index is 2.43. The standard InChI is InChI=1S/C15H20N2O/c1-9(2)8-16-15(18)14-11(4)17-12-7-5-6-10(3)13(12)14/h5-7,9,17H,8H2,1-4H3,(H,16,18). The molecule has 1 aromatic heterocycles. The highest BCUT2D eigenvalue weighted by molar-refractivity contribution is 6.09. The van der Waals surface area contributed by atoms with E-state index in [4.69, 9.17) is 0 Å². The van der Waals surface area contributed by atoms with Crippen LogP contribution < -0.4 is 5.32 Å². The number of rotatable bonds is 3. The molecule has 3 nitrogen and oxygen atoms in total. The molecule has 0 aliphatic rings. The van der Waals surface area contributed by atoms with Crippen molar-refractivity contribution in [2.45, 2.75) is 27.7 Å². The first-order valence-corrected chi connectivity index (χ1v) is 6.36. The summed E-state index contributed by atoms with van der Waals surface area (Å²) in [5.41, 5.74) is 3.87. The Morgan fingerprint density at radius 2 is 2.06 bits per heavy atom. The summed E-state index contributed by atoms with van der Waals surface area (Å²) in [7, 11) is 0. The van der Waals surface area contributed by atoms with E-state index < -0.39 is 0 Å². The van der Waals surface area contributed by atoms with Gasteiger partial charge in [0.05, 0.1) is 5.56 Å². The molecule has 0 radical (unpaired) electrons. The molecule has 2 N–H and O–H groups in total. The lowest BCUT2D eigenvalue weighted by Crippen LogP contribution is -2.27. The average Bonchev–Trinajstić information content (AvgIpc) is 2.63. The highest BCUT2D eigenvalue weighted by atomic mass is 16.1. The Labute approximate surface area is 108 Å². The fourth-order valence-electron chi connectivity index (χ4n) is 2.22. The topological polar surface area (TPSA) is 44.9 Å². The van der Waals surface area contributed by atoms with Crippen molar-refractivity contribution in [3.63, 3.8) is 0 Å². The number of carbonyl (C=O) groups excluding carboxylic acids is 1. The van der Waals surface area contributed by atoms with Crippen LogP contribution in [0.5, 0.6) is 0 Å². The van der Waals surface area contributed by atoms with Crippen LogP contribution in [0, 0.1) is 19.8 Å². The second-order valence-corrected chi connectivity index (χ2v) is 5.23. The molecule has 96 valence electrons. The highest BCUT2D eigenvalue weighted by Crippen LogP contribution is 2.25. The van der Waals surface area contributed by atoms with Crippen molar-refractivity contribution < 1.29 is 4.79 Å². The first-order chi connectivity index (χ1) is 8.50. The van der Waals surface area contributed by atoms with Crippen molar-refractivity contribution in [1.29, 1.82) is 0 Å². The SMILES string of the molecule is Cc1[nH]c2cccc(C)c2c1C(=O)NCC(C)C. The number of H-pyrrole nitrogens is 1. The molecule has 18 heavy (non-hydrogen) atoms. The van der Waals surface area contributed by atoms with Crippen LogP contribution in [0.3, 0.4) is 0 Å². The van der Waals surface area contributed by atoms with Gasteiger partial charge in [0, 0.05) is 23.1 Å². The molecule has 1 heterocycles. The van der Waals surface area contributed by atoms with E-state index in [-0.39, 0.29) is 5.91 Å². The maximum Gasteiger partial charge on any atom is 0.253 e. The average molecular weight is 244 g/mol. The molecule has 0 saturated heterocycles. The number of hydrogen-bond donors (Lipinski definition) is 2. The monoisotopic (exact) mass is 244 g/mol. The van der Waals surface area contributed by atoms with E-state index in [1.54, 1.807) is 0 Å². The molecule has 0 saturated carbocycles. The molecular weight excluding hydrogens is 224 g/mol. The van der Waals surface area contributed by atoms with Gasteiger partial charge in [-0.05, 0) is 31.4 Å². The van der Waals surface area contributed by atoms with Crippen molar-refractivity contribution in [1.82, 2.24) is 10.3 Å². The first kappa shape index (κ1) is 12.7. The van der Waals surface area contributed by atoms with E-state index in [9.17, 15) is 4.79 Å². The molecular formula is C15H20N2O. The molecule has 0 aliphatic carbocycles. The number of carbonyl (C=O) groups is 1. The van der Waals surface area contributed by atoms with Crippen LogP contribution in [-0.2, 0) is 0 Å². The largest absolute Gasteiger partial charge is 0.358 e. The van der Waals surface area contributed by atoms with Crippen molar-refractivity contribution >= 4 is 16.8 Å². The minimum Gasteiger partial charge on any atom is -0.358 e. The predicted molar refractivity (Wildman–Crippen MR) is 74.9 cm³/mol. The normalized spacial score (nSPS) is 11.2. The number of aromatic amines is 1. The maximum atomic E-state index is 12.3. The Kier molecular flexibility index (Phi) is 3.41. The second-order valence-electron chi connectivity index (χ2n) is 5.23. The van der Waals surface area contributed by atoms with Gasteiger partial charge in [-0.15, -0.1) is 0 Å². The molecule has 0 unspecified atom stereocenters. The Morgan fingerprint density at radius 1 is 1.33 bits per heavy atom. The summed E-state index contributed by atoms with van der Waals surface area (Å²) in [6, 6.07) is 6.05. The highest BCUT2D eigenvalue weighted by Gasteiger charge is 2.17. The fraction of sp³-hybridized carbons (Fsp3) is 0.400. The van der Waals surface area contributed by atoms with Gasteiger partial charge in [0.25, 0.3) is 5.91 Å². The minimum absolute atomic E-state index is 0.0155. The summed E-state index contributed by atoms with van der Waals surface area (Å²) in [6.07, 6.45) is 0. The lowest BCUT2D eigenvalue weighted by atomic mass is 10.1. The summed E-state index contributed by atoms with van der Waals surface area (Å²) in [4.78, 5) is 15.5. The predicted octanol–water partition coefficient (Wildman–Crippen LogP) is 3.17. The Bertz CT molecular complexity index is 581. The van der Waals surface area contributed by atoms with Gasteiger partial charge >= 0.3 is 0 Å². The van der Waals surface area contributed by atoms with Gasteiger partial charge in [-0.2, -0.15) is 0 Å². The fourth-order valence-corrected chi connectivity index (χ4v) is 2.22. The van der Waals surface area contributed by atoms with E-state index >= 15 is 0 Å². The second kappa shape index (κ2) is 4.84. The quantitative estimate of drug-likeness (QED) is 0.855. The van der Waals surface area contributed by atoms with E-state index in [0.717, 1.165) is 27.7 Å². The van der Waals surface area contributed by atoms with Gasteiger partial charge in [-0.1, -0.05) is 26.0 Å². The summed E-state index contributed by atoms with van der Waals surface area (Å²) < 4.78 is 0. The molecule has 1 aromatic carbocycles. The Morgan fingerprint density at radius 3 is 2.72 bits per heavy atom. The summed E-state index contributed by atoms with van der Waals surface area (Å²) in [5, 5.41) is 4.02. The number of nitrogens with one attached hydrogen (secondary N) is 2. The minimum atomic E-state index is 0.0155. The van der Waals surface area contributed by atoms with Gasteiger partial charge in [0.1, 0.15) is 0 Å². The van der Waals surface area contributed by atoms with Crippen LogP contribution >= 0.6 is 0 Å². The van der Waals surface area contributed by atoms with Gasteiger partial charge in [0.15, 0.2) is 0 Å². The first-order valence-electron chi connectivity index (χ1n) is 6.36. The number of aromatic nitrogens is 1. The number of benzene rings is 1. The van der Waals surface area contributed by atoms with Crippen molar-refractivity contribution in [2.24, 2.45) is 5.92 Å². The number of hydrogen-bond acceptors (Lipinski definition) is 1. The number of amides is 1. The smallest absolute Gasteiger partial charge is 0.253 e. The van der Waals surface area contributed by atoms with Gasteiger partial charge in [0.2, 0.25) is 0 Å². The maximum absolute atomic E-state index is 12.3.